The van der Waals surface area contributed by atoms with E-state index in [2.05, 4.69) is 59.5 Å². The lowest BCUT2D eigenvalue weighted by Gasteiger charge is -2.43. The fraction of sp³-hybridized carbons (Fsp3) is 0.500. The molecule has 2 bridgehead atoms. The van der Waals surface area contributed by atoms with E-state index in [4.69, 9.17) is 0 Å². The molecule has 0 aromatic heterocycles. The van der Waals surface area contributed by atoms with E-state index in [-0.39, 0.29) is 5.91 Å². The molecule has 0 spiro atoms. The van der Waals surface area contributed by atoms with Gasteiger partial charge in [-0.3, -0.25) is 4.79 Å². The first-order chi connectivity index (χ1) is 15.0. The second-order valence-corrected chi connectivity index (χ2v) is 9.65. The Hall–Kier alpha value is -1.98. The lowest BCUT2D eigenvalue weighted by atomic mass is 9.95. The second-order valence-electron chi connectivity index (χ2n) is 8.77. The summed E-state index contributed by atoms with van der Waals surface area (Å²) in [4.78, 5) is 21.1. The van der Waals surface area contributed by atoms with Gasteiger partial charge in [0.15, 0.2) is 0 Å². The normalized spacial score (nSPS) is 23.0. The van der Waals surface area contributed by atoms with Crippen molar-refractivity contribution in [1.29, 1.82) is 0 Å². The molecule has 0 radical (unpaired) electrons. The molecular weight excluding hydrogens is 402 g/mol. The van der Waals surface area contributed by atoms with Crippen molar-refractivity contribution in [2.75, 3.05) is 31.3 Å². The molecule has 31 heavy (non-hydrogen) atoms. The summed E-state index contributed by atoms with van der Waals surface area (Å²) in [6.07, 6.45) is 7.14. The van der Waals surface area contributed by atoms with Crippen LogP contribution in [0.4, 0.5) is 11.4 Å². The number of fused-ring (bicyclic) bond motifs is 2. The number of thioether (sulfide) groups is 1. The van der Waals surface area contributed by atoms with Crippen LogP contribution in [0.15, 0.2) is 53.4 Å². The van der Waals surface area contributed by atoms with E-state index in [0.29, 0.717) is 18.1 Å². The zero-order chi connectivity index (χ0) is 22.0. The number of rotatable bonds is 7. The highest BCUT2D eigenvalue weighted by atomic mass is 32.2. The van der Waals surface area contributed by atoms with Crippen LogP contribution in [-0.2, 0) is 0 Å². The Balaban J connectivity index is 1.67. The lowest BCUT2D eigenvalue weighted by molar-refractivity contribution is 0.0773. The van der Waals surface area contributed by atoms with E-state index in [1.807, 2.05) is 30.9 Å². The van der Waals surface area contributed by atoms with Crippen molar-refractivity contribution in [3.05, 3.63) is 54.1 Å². The molecule has 5 heteroatoms. The topological polar surface area (TPSA) is 26.8 Å². The third-order valence-corrected chi connectivity index (χ3v) is 7.94. The van der Waals surface area contributed by atoms with E-state index in [9.17, 15) is 4.79 Å². The number of piperidine rings is 1. The Morgan fingerprint density at radius 3 is 2.23 bits per heavy atom. The van der Waals surface area contributed by atoms with Crippen LogP contribution in [-0.4, -0.2) is 60.2 Å². The van der Waals surface area contributed by atoms with Crippen molar-refractivity contribution in [3.8, 4) is 0 Å². The highest BCUT2D eigenvalue weighted by molar-refractivity contribution is 7.98. The summed E-state index contributed by atoms with van der Waals surface area (Å²) in [5.41, 5.74) is 3.21. The average molecular weight is 438 g/mol. The van der Waals surface area contributed by atoms with Crippen molar-refractivity contribution >= 4 is 29.0 Å². The Morgan fingerprint density at radius 1 is 1.00 bits per heavy atom. The molecule has 2 aromatic rings. The number of hydrogen-bond acceptors (Lipinski definition) is 4. The largest absolute Gasteiger partial charge is 0.339 e. The molecule has 1 unspecified atom stereocenters. The molecule has 2 aliphatic rings. The van der Waals surface area contributed by atoms with Gasteiger partial charge in [0.05, 0.1) is 0 Å². The van der Waals surface area contributed by atoms with Gasteiger partial charge in [-0.25, -0.2) is 0 Å². The first-order valence-electron chi connectivity index (χ1n) is 11.6. The van der Waals surface area contributed by atoms with Crippen molar-refractivity contribution in [2.24, 2.45) is 0 Å². The van der Waals surface area contributed by atoms with Gasteiger partial charge in [-0.2, -0.15) is 0 Å². The van der Waals surface area contributed by atoms with Crippen molar-refractivity contribution < 1.29 is 4.79 Å². The number of carbonyl (C=O) groups is 1. The van der Waals surface area contributed by atoms with E-state index in [1.54, 1.807) is 11.8 Å². The fourth-order valence-electron chi connectivity index (χ4n) is 5.38. The minimum absolute atomic E-state index is 0.116. The van der Waals surface area contributed by atoms with Crippen LogP contribution >= 0.6 is 11.8 Å². The monoisotopic (exact) mass is 437 g/mol. The van der Waals surface area contributed by atoms with E-state index in [1.165, 1.54) is 42.0 Å². The predicted molar refractivity (Wildman–Crippen MR) is 132 cm³/mol. The van der Waals surface area contributed by atoms with E-state index >= 15 is 0 Å². The molecule has 0 N–H and O–H groups in total. The zero-order valence-corrected chi connectivity index (χ0v) is 20.1. The summed E-state index contributed by atoms with van der Waals surface area (Å²) in [6.45, 7) is 5.54. The number of carbonyl (C=O) groups excluding carboxylic acids is 1. The molecular formula is C26H35N3OS. The second kappa shape index (κ2) is 9.66. The van der Waals surface area contributed by atoms with Gasteiger partial charge in [0.2, 0.25) is 0 Å². The molecule has 2 fully saturated rings. The molecule has 1 amide bonds. The quantitative estimate of drug-likeness (QED) is 0.523. The Kier molecular flexibility index (Phi) is 6.92. The standard InChI is InChI=1S/C26H35N3OS/c1-5-28(6-2)26(30)19-10-12-20(13-11-19)29(23-8-7-9-25(18-23)31-4)24-16-21-14-15-22(17-24)27(21)3/h7-13,18,21-22,24H,5-6,14-17H2,1-4H3/t21-,22+,24?. The third kappa shape index (κ3) is 4.49. The molecule has 2 saturated heterocycles. The zero-order valence-electron chi connectivity index (χ0n) is 19.3. The molecule has 3 atom stereocenters. The van der Waals surface area contributed by atoms with Gasteiger partial charge < -0.3 is 14.7 Å². The van der Waals surface area contributed by atoms with Crippen LogP contribution in [0.5, 0.6) is 0 Å². The van der Waals surface area contributed by atoms with Gasteiger partial charge in [0.1, 0.15) is 0 Å². The lowest BCUT2D eigenvalue weighted by Crippen LogP contribution is -2.47. The van der Waals surface area contributed by atoms with Crippen molar-refractivity contribution in [3.63, 3.8) is 0 Å². The Morgan fingerprint density at radius 2 is 1.65 bits per heavy atom. The van der Waals surface area contributed by atoms with Crippen LogP contribution in [0.3, 0.4) is 0 Å². The van der Waals surface area contributed by atoms with Crippen LogP contribution < -0.4 is 4.90 Å². The summed E-state index contributed by atoms with van der Waals surface area (Å²) < 4.78 is 0. The number of benzene rings is 2. The minimum atomic E-state index is 0.116. The number of anilines is 2. The average Bonchev–Trinajstić information content (AvgIpc) is 3.00. The van der Waals surface area contributed by atoms with E-state index < -0.39 is 0 Å². The van der Waals surface area contributed by atoms with Crippen LogP contribution in [0, 0.1) is 0 Å². The SMILES string of the molecule is CCN(CC)C(=O)c1ccc(N(c2cccc(SC)c2)C2C[C@H]3CC[C@@H](C2)N3C)cc1. The number of hydrogen-bond donors (Lipinski definition) is 0. The molecule has 4 nitrogen and oxygen atoms in total. The summed E-state index contributed by atoms with van der Waals surface area (Å²) in [5, 5.41) is 0. The van der Waals surface area contributed by atoms with E-state index in [0.717, 1.165) is 18.7 Å². The summed E-state index contributed by atoms with van der Waals surface area (Å²) in [5.74, 6) is 0.116. The van der Waals surface area contributed by atoms with Gasteiger partial charge in [-0.05, 0) is 95.3 Å². The first-order valence-corrected chi connectivity index (χ1v) is 12.8. The molecule has 2 aromatic carbocycles. The molecule has 2 aliphatic heterocycles. The smallest absolute Gasteiger partial charge is 0.253 e. The van der Waals surface area contributed by atoms with Crippen LogP contribution in [0.25, 0.3) is 0 Å². The maximum absolute atomic E-state index is 12.8. The molecule has 2 heterocycles. The van der Waals surface area contributed by atoms with Crippen molar-refractivity contribution in [2.45, 2.75) is 62.6 Å². The number of amides is 1. The van der Waals surface area contributed by atoms with Crippen LogP contribution in [0.1, 0.15) is 49.9 Å². The third-order valence-electron chi connectivity index (χ3n) is 7.21. The van der Waals surface area contributed by atoms with Gasteiger partial charge >= 0.3 is 0 Å². The predicted octanol–water partition coefficient (Wildman–Crippen LogP) is 5.65. The van der Waals surface area contributed by atoms with Gasteiger partial charge in [0, 0.05) is 53.0 Å². The van der Waals surface area contributed by atoms with Crippen molar-refractivity contribution in [1.82, 2.24) is 9.80 Å². The molecule has 4 rings (SSSR count). The van der Waals surface area contributed by atoms with Crippen LogP contribution in [0.2, 0.25) is 0 Å². The molecule has 0 aliphatic carbocycles. The fourth-order valence-corrected chi connectivity index (χ4v) is 5.84. The highest BCUT2D eigenvalue weighted by Gasteiger charge is 2.40. The van der Waals surface area contributed by atoms with Gasteiger partial charge in [-0.15, -0.1) is 11.8 Å². The first kappa shape index (κ1) is 22.2. The maximum atomic E-state index is 12.8. The summed E-state index contributed by atoms with van der Waals surface area (Å²) in [7, 11) is 2.30. The summed E-state index contributed by atoms with van der Waals surface area (Å²) in [6, 6.07) is 19.0. The van der Waals surface area contributed by atoms with Gasteiger partial charge in [-0.1, -0.05) is 6.07 Å². The summed E-state index contributed by atoms with van der Waals surface area (Å²) >= 11 is 1.79. The highest BCUT2D eigenvalue weighted by Crippen LogP contribution is 2.41. The minimum Gasteiger partial charge on any atom is -0.339 e. The number of nitrogens with zero attached hydrogens (tertiary/aromatic N) is 3. The Labute approximate surface area is 191 Å². The maximum Gasteiger partial charge on any atom is 0.253 e. The molecule has 166 valence electrons. The van der Waals surface area contributed by atoms with Gasteiger partial charge in [0.25, 0.3) is 5.91 Å². The Bertz CT molecular complexity index is 882. The molecule has 0 saturated carbocycles.